The molecule has 5 heteroatoms. The zero-order chi connectivity index (χ0) is 12.8. The lowest BCUT2D eigenvalue weighted by Crippen LogP contribution is -2.05. The Morgan fingerprint density at radius 1 is 1.41 bits per heavy atom. The molecular formula is C12H15NO3S. The summed E-state index contributed by atoms with van der Waals surface area (Å²) in [5.41, 5.74) is 1.82. The van der Waals surface area contributed by atoms with Crippen molar-refractivity contribution in [1.82, 2.24) is 0 Å². The molecule has 0 radical (unpaired) electrons. The van der Waals surface area contributed by atoms with Crippen molar-refractivity contribution in [3.63, 3.8) is 0 Å². The molecule has 0 unspecified atom stereocenters. The largest absolute Gasteiger partial charge is 0.481 e. The van der Waals surface area contributed by atoms with E-state index in [1.165, 1.54) is 18.7 Å². The molecule has 0 aliphatic carbocycles. The van der Waals surface area contributed by atoms with E-state index in [1.54, 1.807) is 0 Å². The van der Waals surface area contributed by atoms with E-state index >= 15 is 0 Å². The first-order valence-electron chi connectivity index (χ1n) is 5.22. The maximum absolute atomic E-state index is 10.9. The zero-order valence-electron chi connectivity index (χ0n) is 9.82. The standard InChI is InChI=1S/C12H15NO3S/c1-8-3-4-10(13-9(2)14)7-11(8)17-6-5-12(15)16/h3-4,7H,5-6H2,1-2H3,(H,13,14)(H,15,16). The third-order valence-corrected chi connectivity index (χ3v) is 3.24. The Bertz CT molecular complexity index is 432. The van der Waals surface area contributed by atoms with Gasteiger partial charge in [-0.1, -0.05) is 6.07 Å². The van der Waals surface area contributed by atoms with Crippen LogP contribution in [-0.4, -0.2) is 22.7 Å². The molecule has 0 heterocycles. The van der Waals surface area contributed by atoms with E-state index in [4.69, 9.17) is 5.11 Å². The third-order valence-electron chi connectivity index (χ3n) is 2.08. The minimum atomic E-state index is -0.798. The lowest BCUT2D eigenvalue weighted by molar-refractivity contribution is -0.136. The Morgan fingerprint density at radius 3 is 2.71 bits per heavy atom. The number of hydrogen-bond donors (Lipinski definition) is 2. The van der Waals surface area contributed by atoms with Crippen LogP contribution in [0.3, 0.4) is 0 Å². The first-order valence-corrected chi connectivity index (χ1v) is 6.20. The van der Waals surface area contributed by atoms with Crippen molar-refractivity contribution in [1.29, 1.82) is 0 Å². The van der Waals surface area contributed by atoms with Gasteiger partial charge >= 0.3 is 5.97 Å². The van der Waals surface area contributed by atoms with Crippen LogP contribution in [0.2, 0.25) is 0 Å². The van der Waals surface area contributed by atoms with Gasteiger partial charge in [-0.25, -0.2) is 0 Å². The van der Waals surface area contributed by atoms with Crippen LogP contribution in [0.4, 0.5) is 5.69 Å². The number of aliphatic carboxylic acids is 1. The molecule has 0 aliphatic rings. The highest BCUT2D eigenvalue weighted by atomic mass is 32.2. The molecule has 0 aromatic heterocycles. The first-order chi connectivity index (χ1) is 7.99. The highest BCUT2D eigenvalue weighted by Gasteiger charge is 2.04. The Kier molecular flexibility index (Phi) is 5.03. The van der Waals surface area contributed by atoms with Crippen LogP contribution in [0, 0.1) is 6.92 Å². The summed E-state index contributed by atoms with van der Waals surface area (Å²) in [6.45, 7) is 3.41. The Labute approximate surface area is 104 Å². The summed E-state index contributed by atoms with van der Waals surface area (Å²) in [6.07, 6.45) is 0.133. The number of aryl methyl sites for hydroxylation is 1. The quantitative estimate of drug-likeness (QED) is 0.791. The van der Waals surface area contributed by atoms with Crippen LogP contribution in [0.1, 0.15) is 18.9 Å². The number of rotatable bonds is 5. The summed E-state index contributed by atoms with van der Waals surface area (Å²) in [6, 6.07) is 5.61. The molecular weight excluding hydrogens is 238 g/mol. The summed E-state index contributed by atoms with van der Waals surface area (Å²) in [4.78, 5) is 22.3. The van der Waals surface area contributed by atoms with Gasteiger partial charge in [0.2, 0.25) is 5.91 Å². The fourth-order valence-electron chi connectivity index (χ4n) is 1.28. The van der Waals surface area contributed by atoms with E-state index in [-0.39, 0.29) is 12.3 Å². The first kappa shape index (κ1) is 13.6. The highest BCUT2D eigenvalue weighted by molar-refractivity contribution is 7.99. The second kappa shape index (κ2) is 6.30. The van der Waals surface area contributed by atoms with Crippen molar-refractivity contribution < 1.29 is 14.7 Å². The van der Waals surface area contributed by atoms with Crippen LogP contribution >= 0.6 is 11.8 Å². The fourth-order valence-corrected chi connectivity index (χ4v) is 2.29. The maximum atomic E-state index is 10.9. The minimum Gasteiger partial charge on any atom is -0.481 e. The molecule has 0 fully saturated rings. The van der Waals surface area contributed by atoms with E-state index in [0.717, 1.165) is 16.1 Å². The maximum Gasteiger partial charge on any atom is 0.304 e. The van der Waals surface area contributed by atoms with Crippen LogP contribution in [-0.2, 0) is 9.59 Å². The third kappa shape index (κ3) is 4.91. The van der Waals surface area contributed by atoms with Crippen LogP contribution in [0.5, 0.6) is 0 Å². The van der Waals surface area contributed by atoms with Gasteiger partial charge < -0.3 is 10.4 Å². The second-order valence-corrected chi connectivity index (χ2v) is 4.79. The Morgan fingerprint density at radius 2 is 2.12 bits per heavy atom. The minimum absolute atomic E-state index is 0.115. The molecule has 0 bridgehead atoms. The van der Waals surface area contributed by atoms with E-state index in [0.29, 0.717) is 5.75 Å². The number of nitrogens with one attached hydrogen (secondary N) is 1. The molecule has 1 aromatic rings. The number of hydrogen-bond acceptors (Lipinski definition) is 3. The smallest absolute Gasteiger partial charge is 0.304 e. The van der Waals surface area contributed by atoms with Gasteiger partial charge in [-0.3, -0.25) is 9.59 Å². The van der Waals surface area contributed by atoms with Gasteiger partial charge in [0.1, 0.15) is 0 Å². The summed E-state index contributed by atoms with van der Waals surface area (Å²) in [5.74, 6) is -0.386. The number of carboxylic acids is 1. The SMILES string of the molecule is CC(=O)Nc1ccc(C)c(SCCC(=O)O)c1. The topological polar surface area (TPSA) is 66.4 Å². The predicted octanol–water partition coefficient (Wildman–Crippen LogP) is 2.52. The number of carbonyl (C=O) groups excluding carboxylic acids is 1. The molecule has 4 nitrogen and oxygen atoms in total. The average molecular weight is 253 g/mol. The van der Waals surface area contributed by atoms with Gasteiger partial charge in [-0.05, 0) is 24.6 Å². The van der Waals surface area contributed by atoms with Gasteiger partial charge in [0.15, 0.2) is 0 Å². The Balaban J connectivity index is 2.69. The van der Waals surface area contributed by atoms with Crippen LogP contribution in [0.25, 0.3) is 0 Å². The molecule has 0 atom stereocenters. The molecule has 92 valence electrons. The molecule has 0 spiro atoms. The molecule has 2 N–H and O–H groups in total. The molecule has 0 saturated carbocycles. The molecule has 1 amide bonds. The van der Waals surface area contributed by atoms with E-state index in [2.05, 4.69) is 5.32 Å². The van der Waals surface area contributed by atoms with Crippen molar-refractivity contribution in [2.75, 3.05) is 11.1 Å². The molecule has 1 rings (SSSR count). The van der Waals surface area contributed by atoms with E-state index in [1.807, 2.05) is 25.1 Å². The fraction of sp³-hybridized carbons (Fsp3) is 0.333. The van der Waals surface area contributed by atoms with E-state index < -0.39 is 5.97 Å². The molecule has 0 aliphatic heterocycles. The monoisotopic (exact) mass is 253 g/mol. The lowest BCUT2D eigenvalue weighted by Gasteiger charge is -2.08. The van der Waals surface area contributed by atoms with Crippen molar-refractivity contribution in [2.45, 2.75) is 25.2 Å². The van der Waals surface area contributed by atoms with Crippen molar-refractivity contribution in [3.05, 3.63) is 23.8 Å². The summed E-state index contributed by atoms with van der Waals surface area (Å²) in [7, 11) is 0. The number of amides is 1. The van der Waals surface area contributed by atoms with Crippen LogP contribution < -0.4 is 5.32 Å². The average Bonchev–Trinajstić information content (AvgIpc) is 2.21. The summed E-state index contributed by atoms with van der Waals surface area (Å²) >= 11 is 1.48. The predicted molar refractivity (Wildman–Crippen MR) is 68.5 cm³/mol. The number of benzene rings is 1. The van der Waals surface area contributed by atoms with Crippen molar-refractivity contribution in [2.24, 2.45) is 0 Å². The highest BCUT2D eigenvalue weighted by Crippen LogP contribution is 2.26. The molecule has 0 saturated heterocycles. The number of anilines is 1. The molecule has 1 aromatic carbocycles. The van der Waals surface area contributed by atoms with Gasteiger partial charge in [0.05, 0.1) is 6.42 Å². The summed E-state index contributed by atoms with van der Waals surface area (Å²) in [5, 5.41) is 11.3. The number of thioether (sulfide) groups is 1. The Hall–Kier alpha value is -1.49. The summed E-state index contributed by atoms with van der Waals surface area (Å²) < 4.78 is 0. The lowest BCUT2D eigenvalue weighted by atomic mass is 10.2. The van der Waals surface area contributed by atoms with Gasteiger partial charge in [0.25, 0.3) is 0 Å². The van der Waals surface area contributed by atoms with Gasteiger partial charge in [-0.2, -0.15) is 0 Å². The van der Waals surface area contributed by atoms with Gasteiger partial charge in [0, 0.05) is 23.3 Å². The number of carbonyl (C=O) groups is 2. The zero-order valence-corrected chi connectivity index (χ0v) is 10.6. The number of carboxylic acid groups (broad SMARTS) is 1. The second-order valence-electron chi connectivity index (χ2n) is 3.65. The van der Waals surface area contributed by atoms with Crippen molar-refractivity contribution >= 4 is 29.3 Å². The van der Waals surface area contributed by atoms with E-state index in [9.17, 15) is 9.59 Å². The van der Waals surface area contributed by atoms with Crippen molar-refractivity contribution in [3.8, 4) is 0 Å². The van der Waals surface area contributed by atoms with Gasteiger partial charge in [-0.15, -0.1) is 11.8 Å². The molecule has 17 heavy (non-hydrogen) atoms. The normalized spacial score (nSPS) is 10.0. The van der Waals surface area contributed by atoms with Crippen LogP contribution in [0.15, 0.2) is 23.1 Å².